The lowest BCUT2D eigenvalue weighted by Crippen LogP contribution is -2.30. The van der Waals surface area contributed by atoms with Gasteiger partial charge in [-0.3, -0.25) is 4.99 Å². The molecule has 0 aliphatic heterocycles. The van der Waals surface area contributed by atoms with Crippen LogP contribution in [0.1, 0.15) is 19.4 Å². The molecule has 0 fully saturated rings. The Morgan fingerprint density at radius 1 is 1.47 bits per heavy atom. The largest absolute Gasteiger partial charge is 0.491 e. The van der Waals surface area contributed by atoms with Gasteiger partial charge >= 0.3 is 0 Å². The molecular weight excluding hydrogens is 190 g/mol. The Hall–Kier alpha value is -1.55. The first-order valence-corrected chi connectivity index (χ1v) is 4.88. The lowest BCUT2D eigenvalue weighted by Gasteiger charge is -2.11. The summed E-state index contributed by atoms with van der Waals surface area (Å²) in [4.78, 5) is 4.02. The van der Waals surface area contributed by atoms with Crippen LogP contribution in [0.3, 0.4) is 0 Å². The van der Waals surface area contributed by atoms with Gasteiger partial charge in [-0.05, 0) is 26.0 Å². The molecule has 15 heavy (non-hydrogen) atoms. The number of aliphatic imine (C=N–C) groups is 1. The first-order valence-electron chi connectivity index (χ1n) is 4.88. The lowest BCUT2D eigenvalue weighted by atomic mass is 10.2. The minimum atomic E-state index is 0.160. The van der Waals surface area contributed by atoms with Crippen LogP contribution in [0.4, 0.5) is 0 Å². The van der Waals surface area contributed by atoms with Crippen LogP contribution in [0.15, 0.2) is 29.3 Å². The molecule has 0 aliphatic carbocycles. The average molecular weight is 207 g/mol. The van der Waals surface area contributed by atoms with E-state index in [1.807, 2.05) is 38.1 Å². The number of nitrogens with zero attached hydrogens (tertiary/aromatic N) is 1. The topological polar surface area (TPSA) is 59.6 Å². The molecule has 0 heterocycles. The van der Waals surface area contributed by atoms with E-state index < -0.39 is 0 Å². The zero-order valence-corrected chi connectivity index (χ0v) is 9.32. The smallest absolute Gasteiger partial charge is 0.142 e. The van der Waals surface area contributed by atoms with Crippen LogP contribution in [-0.2, 0) is 0 Å². The molecule has 3 N–H and O–H groups in total. The molecule has 82 valence electrons. The molecule has 1 aromatic rings. The predicted octanol–water partition coefficient (Wildman–Crippen LogP) is 1.31. The summed E-state index contributed by atoms with van der Waals surface area (Å²) in [5.41, 5.74) is 3.46. The standard InChI is InChI=1S/C11H17N3O/c1-8(2)15-10-6-4-5-9(7-10)11(13-3)14-12/h4-8H,12H2,1-3H3,(H,13,14). The third-order valence-corrected chi connectivity index (χ3v) is 1.84. The van der Waals surface area contributed by atoms with Crippen molar-refractivity contribution >= 4 is 5.84 Å². The van der Waals surface area contributed by atoms with Gasteiger partial charge in [0.1, 0.15) is 11.6 Å². The Balaban J connectivity index is 2.92. The van der Waals surface area contributed by atoms with Gasteiger partial charge < -0.3 is 10.2 Å². The minimum Gasteiger partial charge on any atom is -0.491 e. The van der Waals surface area contributed by atoms with Crippen LogP contribution in [-0.4, -0.2) is 19.0 Å². The molecule has 1 rings (SSSR count). The molecule has 0 saturated carbocycles. The second-order valence-electron chi connectivity index (χ2n) is 3.41. The lowest BCUT2D eigenvalue weighted by molar-refractivity contribution is 0.242. The van der Waals surface area contributed by atoms with Gasteiger partial charge in [-0.25, -0.2) is 5.84 Å². The molecule has 4 heteroatoms. The monoisotopic (exact) mass is 207 g/mol. The average Bonchev–Trinajstić information content (AvgIpc) is 2.19. The Morgan fingerprint density at radius 2 is 2.20 bits per heavy atom. The number of amidine groups is 1. The maximum Gasteiger partial charge on any atom is 0.142 e. The van der Waals surface area contributed by atoms with Gasteiger partial charge in [-0.2, -0.15) is 0 Å². The zero-order chi connectivity index (χ0) is 11.3. The minimum absolute atomic E-state index is 0.160. The molecule has 0 aliphatic rings. The fourth-order valence-corrected chi connectivity index (χ4v) is 1.27. The highest BCUT2D eigenvalue weighted by Gasteiger charge is 2.03. The maximum absolute atomic E-state index is 5.57. The van der Waals surface area contributed by atoms with Crippen LogP contribution in [0, 0.1) is 0 Å². The van der Waals surface area contributed by atoms with Gasteiger partial charge in [-0.15, -0.1) is 0 Å². The molecule has 0 spiro atoms. The number of rotatable bonds is 3. The van der Waals surface area contributed by atoms with Gasteiger partial charge in [0.15, 0.2) is 0 Å². The Kier molecular flexibility index (Phi) is 4.12. The molecule has 0 unspecified atom stereocenters. The Labute approximate surface area is 90.1 Å². The summed E-state index contributed by atoms with van der Waals surface area (Å²) in [6.45, 7) is 3.98. The first-order chi connectivity index (χ1) is 7.17. The maximum atomic E-state index is 5.57. The van der Waals surface area contributed by atoms with E-state index in [2.05, 4.69) is 10.4 Å². The highest BCUT2D eigenvalue weighted by Crippen LogP contribution is 2.14. The molecule has 0 atom stereocenters. The Bertz CT molecular complexity index is 347. The summed E-state index contributed by atoms with van der Waals surface area (Å²) >= 11 is 0. The van der Waals surface area contributed by atoms with Crippen LogP contribution < -0.4 is 16.0 Å². The van der Waals surface area contributed by atoms with Gasteiger partial charge in [0, 0.05) is 12.6 Å². The van der Waals surface area contributed by atoms with Gasteiger partial charge in [-0.1, -0.05) is 12.1 Å². The molecule has 0 radical (unpaired) electrons. The number of hydrogen-bond acceptors (Lipinski definition) is 3. The normalized spacial score (nSPS) is 11.7. The van der Waals surface area contributed by atoms with E-state index in [0.717, 1.165) is 11.3 Å². The number of benzene rings is 1. The molecule has 0 saturated heterocycles. The number of ether oxygens (including phenoxy) is 1. The summed E-state index contributed by atoms with van der Waals surface area (Å²) in [6, 6.07) is 7.65. The quantitative estimate of drug-likeness (QED) is 0.340. The van der Waals surface area contributed by atoms with E-state index in [9.17, 15) is 0 Å². The molecule has 0 aromatic heterocycles. The van der Waals surface area contributed by atoms with Gasteiger partial charge in [0.2, 0.25) is 0 Å². The molecule has 0 bridgehead atoms. The van der Waals surface area contributed by atoms with Crippen LogP contribution in [0.2, 0.25) is 0 Å². The van der Waals surface area contributed by atoms with Crippen LogP contribution in [0.5, 0.6) is 5.75 Å². The van der Waals surface area contributed by atoms with Crippen molar-refractivity contribution in [2.45, 2.75) is 20.0 Å². The Morgan fingerprint density at radius 3 is 2.73 bits per heavy atom. The summed E-state index contributed by atoms with van der Waals surface area (Å²) in [7, 11) is 1.69. The van der Waals surface area contributed by atoms with E-state index in [4.69, 9.17) is 10.6 Å². The van der Waals surface area contributed by atoms with Crippen molar-refractivity contribution in [3.63, 3.8) is 0 Å². The van der Waals surface area contributed by atoms with E-state index in [1.54, 1.807) is 7.05 Å². The van der Waals surface area contributed by atoms with E-state index in [1.165, 1.54) is 0 Å². The third kappa shape index (κ3) is 3.25. The van der Waals surface area contributed by atoms with E-state index in [-0.39, 0.29) is 6.10 Å². The highest BCUT2D eigenvalue weighted by atomic mass is 16.5. The number of hydrazine groups is 1. The van der Waals surface area contributed by atoms with Crippen molar-refractivity contribution < 1.29 is 4.74 Å². The fourth-order valence-electron chi connectivity index (χ4n) is 1.27. The third-order valence-electron chi connectivity index (χ3n) is 1.84. The van der Waals surface area contributed by atoms with Gasteiger partial charge in [0.25, 0.3) is 0 Å². The summed E-state index contributed by atoms with van der Waals surface area (Å²) in [6.07, 6.45) is 0.160. The molecule has 0 amide bonds. The van der Waals surface area contributed by atoms with Crippen LogP contribution in [0.25, 0.3) is 0 Å². The molecule has 4 nitrogen and oxygen atoms in total. The fraction of sp³-hybridized carbons (Fsp3) is 0.364. The molecular formula is C11H17N3O. The molecule has 1 aromatic carbocycles. The number of nitrogens with one attached hydrogen (secondary N) is 1. The van der Waals surface area contributed by atoms with E-state index in [0.29, 0.717) is 5.84 Å². The van der Waals surface area contributed by atoms with Gasteiger partial charge in [0.05, 0.1) is 6.10 Å². The van der Waals surface area contributed by atoms with Crippen LogP contribution >= 0.6 is 0 Å². The summed E-state index contributed by atoms with van der Waals surface area (Å²) < 4.78 is 5.57. The van der Waals surface area contributed by atoms with Crippen molar-refractivity contribution in [1.82, 2.24) is 5.43 Å². The predicted molar refractivity (Wildman–Crippen MR) is 62.0 cm³/mol. The SMILES string of the molecule is CN=C(NN)c1cccc(OC(C)C)c1. The van der Waals surface area contributed by atoms with Crippen molar-refractivity contribution in [3.05, 3.63) is 29.8 Å². The van der Waals surface area contributed by atoms with Crippen molar-refractivity contribution in [2.24, 2.45) is 10.8 Å². The second-order valence-corrected chi connectivity index (χ2v) is 3.41. The number of hydrogen-bond donors (Lipinski definition) is 2. The summed E-state index contributed by atoms with van der Waals surface area (Å²) in [5.74, 6) is 6.81. The van der Waals surface area contributed by atoms with E-state index >= 15 is 0 Å². The van der Waals surface area contributed by atoms with Crippen molar-refractivity contribution in [2.75, 3.05) is 7.05 Å². The second kappa shape index (κ2) is 5.36. The first kappa shape index (κ1) is 11.5. The number of nitrogens with two attached hydrogens (primary N) is 1. The summed E-state index contributed by atoms with van der Waals surface area (Å²) in [5, 5.41) is 0. The zero-order valence-electron chi connectivity index (χ0n) is 9.32. The highest BCUT2D eigenvalue weighted by molar-refractivity contribution is 5.98. The van der Waals surface area contributed by atoms with Crippen molar-refractivity contribution in [1.29, 1.82) is 0 Å². The van der Waals surface area contributed by atoms with Crippen molar-refractivity contribution in [3.8, 4) is 5.75 Å².